The van der Waals surface area contributed by atoms with Gasteiger partial charge in [0.15, 0.2) is 12.2 Å². The van der Waals surface area contributed by atoms with Gasteiger partial charge in [-0.15, -0.1) is 0 Å². The van der Waals surface area contributed by atoms with E-state index < -0.39 is 20.7 Å². The Kier molecular flexibility index (Phi) is 6.87. The molecule has 2 fully saturated rings. The summed E-state index contributed by atoms with van der Waals surface area (Å²) >= 11 is 0. The van der Waals surface area contributed by atoms with Crippen molar-refractivity contribution in [3.63, 3.8) is 0 Å². The molecule has 0 saturated carbocycles. The van der Waals surface area contributed by atoms with Crippen molar-refractivity contribution < 1.29 is 23.5 Å². The Balaban J connectivity index is 1.37. The molecule has 186 valence electrons. The Morgan fingerprint density at radius 2 is 1.44 bits per heavy atom. The SMILES string of the molecule is CC(C)C1=N[C@H]2C(O1)O[C@@H]1COC(c3ccccc3)O[C@H]1[C@@H]2OP(c1ccccc1)c1ccccc1. The van der Waals surface area contributed by atoms with Gasteiger partial charge in [0.05, 0.1) is 14.8 Å². The van der Waals surface area contributed by atoms with E-state index in [9.17, 15) is 0 Å². The summed E-state index contributed by atoms with van der Waals surface area (Å²) in [6.07, 6.45) is -2.05. The van der Waals surface area contributed by atoms with E-state index in [1.807, 2.05) is 42.5 Å². The number of fused-ring (bicyclic) bond motifs is 2. The largest absolute Gasteiger partial charge is 0.449 e. The van der Waals surface area contributed by atoms with Crippen LogP contribution >= 0.6 is 8.15 Å². The minimum atomic E-state index is -1.13. The van der Waals surface area contributed by atoms with Crippen molar-refractivity contribution >= 4 is 24.7 Å². The van der Waals surface area contributed by atoms with E-state index in [0.29, 0.717) is 12.5 Å². The summed E-state index contributed by atoms with van der Waals surface area (Å²) < 4.78 is 32.2. The van der Waals surface area contributed by atoms with Crippen LogP contribution in [-0.4, -0.2) is 43.1 Å². The van der Waals surface area contributed by atoms with Crippen molar-refractivity contribution in [1.82, 2.24) is 0 Å². The highest BCUT2D eigenvalue weighted by Gasteiger charge is 2.55. The van der Waals surface area contributed by atoms with Crippen LogP contribution in [0.2, 0.25) is 0 Å². The van der Waals surface area contributed by atoms with E-state index in [-0.39, 0.29) is 30.3 Å². The highest BCUT2D eigenvalue weighted by Crippen LogP contribution is 2.45. The number of aliphatic imine (C=N–C) groups is 1. The van der Waals surface area contributed by atoms with Gasteiger partial charge < -0.3 is 23.5 Å². The molecule has 0 bridgehead atoms. The summed E-state index contributed by atoms with van der Waals surface area (Å²) in [5.41, 5.74) is 0.972. The summed E-state index contributed by atoms with van der Waals surface area (Å²) in [6, 6.07) is 30.4. The maximum absolute atomic E-state index is 7.08. The molecule has 6 atom stereocenters. The lowest BCUT2D eigenvalue weighted by molar-refractivity contribution is -0.326. The second-order valence-electron chi connectivity index (χ2n) is 9.49. The molecular formula is C29H30NO5P. The maximum atomic E-state index is 7.08. The smallest absolute Gasteiger partial charge is 0.227 e. The molecule has 36 heavy (non-hydrogen) atoms. The minimum absolute atomic E-state index is 0.154. The Labute approximate surface area is 213 Å². The number of hydrogen-bond donors (Lipinski definition) is 0. The molecule has 6 nitrogen and oxygen atoms in total. The van der Waals surface area contributed by atoms with Crippen LogP contribution in [0, 0.1) is 5.92 Å². The van der Waals surface area contributed by atoms with Crippen LogP contribution in [-0.2, 0) is 23.5 Å². The maximum Gasteiger partial charge on any atom is 0.227 e. The highest BCUT2D eigenvalue weighted by molar-refractivity contribution is 7.68. The second kappa shape index (κ2) is 10.4. The number of nitrogens with zero attached hydrogens (tertiary/aromatic N) is 1. The standard InChI is InChI=1S/C29H30NO5P/c1-19(2)27-30-24-26(35-36(21-14-8-4-9-15-21)22-16-10-5-11-17-22)25-23(32-29(24)34-27)18-31-28(33-25)20-12-6-3-7-13-20/h3-17,19,23-26,28-29H,18H2,1-2H3/t23-,24-,25-,26-,28?,29?/m1/s1. The van der Waals surface area contributed by atoms with Crippen LogP contribution in [0.4, 0.5) is 0 Å². The lowest BCUT2D eigenvalue weighted by Crippen LogP contribution is -2.61. The fraction of sp³-hybridized carbons (Fsp3) is 0.345. The number of hydrogen-bond acceptors (Lipinski definition) is 6. The average Bonchev–Trinajstić information content (AvgIpc) is 3.37. The molecular weight excluding hydrogens is 473 g/mol. The van der Waals surface area contributed by atoms with Gasteiger partial charge >= 0.3 is 0 Å². The summed E-state index contributed by atoms with van der Waals surface area (Å²) in [4.78, 5) is 4.95. The summed E-state index contributed by atoms with van der Waals surface area (Å²) in [5.74, 6) is 0.849. The van der Waals surface area contributed by atoms with E-state index in [2.05, 4.69) is 62.4 Å². The van der Waals surface area contributed by atoms with Crippen LogP contribution in [0.3, 0.4) is 0 Å². The highest BCUT2D eigenvalue weighted by atomic mass is 31.1. The van der Waals surface area contributed by atoms with E-state index in [0.717, 1.165) is 16.2 Å². The van der Waals surface area contributed by atoms with Gasteiger partial charge in [-0.05, 0) is 0 Å². The number of benzene rings is 3. The summed E-state index contributed by atoms with van der Waals surface area (Å²) in [7, 11) is -1.13. The van der Waals surface area contributed by atoms with Gasteiger partial charge in [0.1, 0.15) is 24.4 Å². The molecule has 0 spiro atoms. The molecule has 0 aromatic heterocycles. The van der Waals surface area contributed by atoms with Crippen LogP contribution in [0.5, 0.6) is 0 Å². The fourth-order valence-electron chi connectivity index (χ4n) is 4.79. The van der Waals surface area contributed by atoms with E-state index in [1.54, 1.807) is 0 Å². The van der Waals surface area contributed by atoms with Gasteiger partial charge in [-0.3, -0.25) is 0 Å². The Bertz CT molecular complexity index is 1140. The van der Waals surface area contributed by atoms with Gasteiger partial charge in [0.2, 0.25) is 6.29 Å². The molecule has 3 aromatic rings. The molecule has 3 heterocycles. The Morgan fingerprint density at radius 3 is 2.06 bits per heavy atom. The van der Waals surface area contributed by atoms with Crippen molar-refractivity contribution in [3.05, 3.63) is 96.6 Å². The van der Waals surface area contributed by atoms with Crippen LogP contribution < -0.4 is 10.6 Å². The molecule has 0 amide bonds. The predicted octanol–water partition coefficient (Wildman–Crippen LogP) is 4.71. The van der Waals surface area contributed by atoms with Crippen molar-refractivity contribution in [2.75, 3.05) is 6.61 Å². The van der Waals surface area contributed by atoms with Gasteiger partial charge in [-0.1, -0.05) is 105 Å². The van der Waals surface area contributed by atoms with Gasteiger partial charge in [0.25, 0.3) is 0 Å². The van der Waals surface area contributed by atoms with Crippen molar-refractivity contribution in [3.8, 4) is 0 Å². The molecule has 3 aromatic carbocycles. The summed E-state index contributed by atoms with van der Waals surface area (Å²) in [5, 5.41) is 2.27. The monoisotopic (exact) mass is 503 g/mol. The number of rotatable bonds is 6. The molecule has 3 aliphatic heterocycles. The zero-order valence-corrected chi connectivity index (χ0v) is 21.2. The van der Waals surface area contributed by atoms with Crippen molar-refractivity contribution in [2.45, 2.75) is 50.8 Å². The van der Waals surface area contributed by atoms with Crippen molar-refractivity contribution in [1.29, 1.82) is 0 Å². The van der Waals surface area contributed by atoms with Crippen LogP contribution in [0.1, 0.15) is 25.7 Å². The van der Waals surface area contributed by atoms with Crippen LogP contribution in [0.15, 0.2) is 96.0 Å². The Morgan fingerprint density at radius 1 is 0.833 bits per heavy atom. The summed E-state index contributed by atoms with van der Waals surface area (Å²) in [6.45, 7) is 4.54. The first-order valence-corrected chi connectivity index (χ1v) is 13.7. The molecule has 2 saturated heterocycles. The third-order valence-corrected chi connectivity index (χ3v) is 8.58. The molecule has 0 N–H and O–H groups in total. The molecule has 2 unspecified atom stereocenters. The van der Waals surface area contributed by atoms with E-state index >= 15 is 0 Å². The normalized spacial score (nSPS) is 29.4. The second-order valence-corrected chi connectivity index (χ2v) is 11.3. The van der Waals surface area contributed by atoms with Gasteiger partial charge in [-0.2, -0.15) is 0 Å². The predicted molar refractivity (Wildman–Crippen MR) is 140 cm³/mol. The lowest BCUT2D eigenvalue weighted by Gasteiger charge is -2.47. The average molecular weight is 504 g/mol. The first-order chi connectivity index (χ1) is 17.7. The van der Waals surface area contributed by atoms with Gasteiger partial charge in [-0.25, -0.2) is 4.99 Å². The molecule has 6 rings (SSSR count). The first-order valence-electron chi connectivity index (χ1n) is 12.5. The minimum Gasteiger partial charge on any atom is -0.449 e. The zero-order valence-electron chi connectivity index (χ0n) is 20.3. The molecule has 0 radical (unpaired) electrons. The first kappa shape index (κ1) is 23.8. The van der Waals surface area contributed by atoms with E-state index in [1.165, 1.54) is 0 Å². The van der Waals surface area contributed by atoms with Gasteiger partial charge in [0, 0.05) is 22.1 Å². The topological polar surface area (TPSA) is 58.5 Å². The van der Waals surface area contributed by atoms with Crippen molar-refractivity contribution in [2.24, 2.45) is 10.9 Å². The van der Waals surface area contributed by atoms with E-state index in [4.69, 9.17) is 28.5 Å². The molecule has 0 aliphatic carbocycles. The van der Waals surface area contributed by atoms with Crippen LogP contribution in [0.25, 0.3) is 0 Å². The molecule has 3 aliphatic rings. The number of ether oxygens (including phenoxy) is 4. The Hall–Kier alpha value is -2.60. The quantitative estimate of drug-likeness (QED) is 0.456. The zero-order chi connectivity index (χ0) is 24.5. The third kappa shape index (κ3) is 4.72. The third-order valence-electron chi connectivity index (χ3n) is 6.59. The lowest BCUT2D eigenvalue weighted by atomic mass is 9.96. The fourth-order valence-corrected chi connectivity index (χ4v) is 6.71. The molecule has 7 heteroatoms.